The molecule has 1 aromatic heterocycles. The van der Waals surface area contributed by atoms with E-state index in [0.29, 0.717) is 24.2 Å². The number of rotatable bonds is 3. The van der Waals surface area contributed by atoms with Crippen LogP contribution in [0.25, 0.3) is 10.9 Å². The quantitative estimate of drug-likeness (QED) is 0.717. The third-order valence-electron chi connectivity index (χ3n) is 6.29. The number of piperidine rings is 2. The second-order valence-corrected chi connectivity index (χ2v) is 8.31. The van der Waals surface area contributed by atoms with Crippen molar-refractivity contribution in [2.24, 2.45) is 7.05 Å². The number of fused-ring (bicyclic) bond motifs is 1. The Bertz CT molecular complexity index is 1090. The Hall–Kier alpha value is -3.43. The monoisotopic (exact) mass is 427 g/mol. The zero-order valence-electron chi connectivity index (χ0n) is 17.7. The van der Waals surface area contributed by atoms with Gasteiger partial charge in [-0.2, -0.15) is 5.10 Å². The fraction of sp³-hybridized carbons (Fsp3) is 0.476. The van der Waals surface area contributed by atoms with Gasteiger partial charge in [0.15, 0.2) is 0 Å². The van der Waals surface area contributed by atoms with Crippen LogP contribution >= 0.6 is 0 Å². The van der Waals surface area contributed by atoms with Crippen LogP contribution in [-0.2, 0) is 21.4 Å². The molecule has 0 saturated carbocycles. The van der Waals surface area contributed by atoms with Crippen LogP contribution in [0, 0.1) is 0 Å². The van der Waals surface area contributed by atoms with E-state index in [1.165, 1.54) is 11.9 Å². The number of imide groups is 1. The number of amides is 4. The summed E-state index contributed by atoms with van der Waals surface area (Å²) in [5.74, 6) is -1.24. The molecule has 1 unspecified atom stereocenters. The molecule has 2 aromatic rings. The van der Waals surface area contributed by atoms with E-state index >= 15 is 0 Å². The third kappa shape index (κ3) is 3.62. The van der Waals surface area contributed by atoms with E-state index in [-0.39, 0.29) is 42.6 Å². The first kappa shape index (κ1) is 20.8. The lowest BCUT2D eigenvalue weighted by Crippen LogP contribution is -2.52. The summed E-state index contributed by atoms with van der Waals surface area (Å²) in [5, 5.41) is 16.9. The molecule has 3 atom stereocenters. The normalized spacial score (nSPS) is 24.4. The van der Waals surface area contributed by atoms with Crippen LogP contribution in [0.4, 0.5) is 10.5 Å². The van der Waals surface area contributed by atoms with Crippen LogP contribution in [0.2, 0.25) is 0 Å². The summed E-state index contributed by atoms with van der Waals surface area (Å²) in [4.78, 5) is 50.8. The smallest absolute Gasteiger partial charge is 0.407 e. The zero-order chi connectivity index (χ0) is 22.4. The van der Waals surface area contributed by atoms with Crippen LogP contribution < -0.4 is 10.2 Å². The summed E-state index contributed by atoms with van der Waals surface area (Å²) >= 11 is 0. The molecular formula is C21H25N5O5. The standard InChI is InChI=1S/C21H25N5O5/c1-11-8-13(24(2)21(30)31)10-18(28)26(11)12-4-5-14-16(9-12)25(3)23-19(14)15-6-7-17(27)22-20(15)29/h4-5,9,11,13,15H,6-8,10H2,1-3H3,(H,30,31)(H,22,27,29)/t11-,13+,15?/m1/s1. The van der Waals surface area contributed by atoms with E-state index in [1.807, 2.05) is 25.1 Å². The van der Waals surface area contributed by atoms with Crippen molar-refractivity contribution in [2.45, 2.75) is 50.6 Å². The van der Waals surface area contributed by atoms with Crippen LogP contribution in [0.3, 0.4) is 0 Å². The maximum atomic E-state index is 12.9. The summed E-state index contributed by atoms with van der Waals surface area (Å²) in [7, 11) is 3.27. The van der Waals surface area contributed by atoms with Gasteiger partial charge in [-0.15, -0.1) is 0 Å². The third-order valence-corrected chi connectivity index (χ3v) is 6.29. The largest absolute Gasteiger partial charge is 0.465 e. The van der Waals surface area contributed by atoms with Crippen LogP contribution in [0.15, 0.2) is 18.2 Å². The van der Waals surface area contributed by atoms with E-state index in [2.05, 4.69) is 10.4 Å². The van der Waals surface area contributed by atoms with E-state index in [0.717, 1.165) is 10.9 Å². The number of carboxylic acid groups (broad SMARTS) is 1. The lowest BCUT2D eigenvalue weighted by atomic mass is 9.92. The highest BCUT2D eigenvalue weighted by atomic mass is 16.4. The van der Waals surface area contributed by atoms with Gasteiger partial charge in [-0.1, -0.05) is 0 Å². The number of aromatic nitrogens is 2. The minimum absolute atomic E-state index is 0.123. The van der Waals surface area contributed by atoms with E-state index in [4.69, 9.17) is 0 Å². The predicted octanol–water partition coefficient (Wildman–Crippen LogP) is 1.59. The lowest BCUT2D eigenvalue weighted by Gasteiger charge is -2.40. The summed E-state index contributed by atoms with van der Waals surface area (Å²) < 4.78 is 1.68. The van der Waals surface area contributed by atoms with Crippen LogP contribution in [-0.4, -0.2) is 62.7 Å². The highest BCUT2D eigenvalue weighted by Crippen LogP contribution is 2.34. The molecule has 2 aliphatic heterocycles. The van der Waals surface area contributed by atoms with Crippen LogP contribution in [0.1, 0.15) is 44.2 Å². The number of hydrogen-bond acceptors (Lipinski definition) is 5. The van der Waals surface area contributed by atoms with Gasteiger partial charge in [0.2, 0.25) is 17.7 Å². The molecule has 0 aliphatic carbocycles. The van der Waals surface area contributed by atoms with E-state index in [9.17, 15) is 24.3 Å². The van der Waals surface area contributed by atoms with Crippen molar-refractivity contribution in [3.8, 4) is 0 Å². The number of anilines is 1. The topological polar surface area (TPSA) is 125 Å². The molecule has 2 saturated heterocycles. The van der Waals surface area contributed by atoms with Gasteiger partial charge in [0.1, 0.15) is 0 Å². The van der Waals surface area contributed by atoms with Gasteiger partial charge >= 0.3 is 6.09 Å². The van der Waals surface area contributed by atoms with Crippen molar-refractivity contribution < 1.29 is 24.3 Å². The Labute approximate surface area is 178 Å². The van der Waals surface area contributed by atoms with Gasteiger partial charge < -0.3 is 14.9 Å². The number of hydrogen-bond donors (Lipinski definition) is 2. The molecule has 164 valence electrons. The van der Waals surface area contributed by atoms with E-state index < -0.39 is 12.0 Å². The van der Waals surface area contributed by atoms with Crippen molar-refractivity contribution in [2.75, 3.05) is 11.9 Å². The molecule has 4 amide bonds. The molecule has 0 radical (unpaired) electrons. The summed E-state index contributed by atoms with van der Waals surface area (Å²) in [6.07, 6.45) is 0.310. The van der Waals surface area contributed by atoms with Gasteiger partial charge in [-0.3, -0.25) is 24.4 Å². The molecule has 0 bridgehead atoms. The summed E-state index contributed by atoms with van der Waals surface area (Å²) in [6, 6.07) is 5.03. The molecule has 31 heavy (non-hydrogen) atoms. The highest BCUT2D eigenvalue weighted by molar-refractivity contribution is 6.03. The van der Waals surface area contributed by atoms with Gasteiger partial charge in [-0.25, -0.2) is 4.79 Å². The Morgan fingerprint density at radius 3 is 2.68 bits per heavy atom. The zero-order valence-corrected chi connectivity index (χ0v) is 17.7. The highest BCUT2D eigenvalue weighted by Gasteiger charge is 2.36. The lowest BCUT2D eigenvalue weighted by molar-refractivity contribution is -0.134. The number of benzene rings is 1. The summed E-state index contributed by atoms with van der Waals surface area (Å²) in [6.45, 7) is 1.90. The van der Waals surface area contributed by atoms with E-state index in [1.54, 1.807) is 16.6 Å². The maximum absolute atomic E-state index is 12.9. The molecule has 10 heteroatoms. The van der Waals surface area contributed by atoms with Crippen molar-refractivity contribution in [1.82, 2.24) is 20.0 Å². The second-order valence-electron chi connectivity index (χ2n) is 8.31. The fourth-order valence-corrected chi connectivity index (χ4v) is 4.61. The first-order valence-electron chi connectivity index (χ1n) is 10.3. The average Bonchev–Trinajstić information content (AvgIpc) is 3.02. The molecule has 2 N–H and O–H groups in total. The Kier molecular flexibility index (Phi) is 5.16. The fourth-order valence-electron chi connectivity index (χ4n) is 4.61. The van der Waals surface area contributed by atoms with Crippen molar-refractivity contribution in [3.05, 3.63) is 23.9 Å². The van der Waals surface area contributed by atoms with Gasteiger partial charge in [-0.05, 0) is 38.0 Å². The number of nitrogens with zero attached hydrogens (tertiary/aromatic N) is 4. The molecule has 2 fully saturated rings. The Morgan fingerprint density at radius 1 is 1.29 bits per heavy atom. The molecule has 1 aromatic carbocycles. The molecule has 0 spiro atoms. The first-order chi connectivity index (χ1) is 14.7. The molecular weight excluding hydrogens is 402 g/mol. The van der Waals surface area contributed by atoms with Crippen LogP contribution in [0.5, 0.6) is 0 Å². The number of nitrogens with one attached hydrogen (secondary N) is 1. The van der Waals surface area contributed by atoms with Crippen molar-refractivity contribution in [1.29, 1.82) is 0 Å². The Morgan fingerprint density at radius 2 is 2.03 bits per heavy atom. The SMILES string of the molecule is C[C@@H]1C[C@H](N(C)C(=O)O)CC(=O)N1c1ccc2c(C3CCC(=O)NC3=O)nn(C)c2c1. The second kappa shape index (κ2) is 7.68. The predicted molar refractivity (Wildman–Crippen MR) is 112 cm³/mol. The molecule has 2 aliphatic rings. The number of carbonyl (C=O) groups excluding carboxylic acids is 3. The Balaban J connectivity index is 1.64. The first-order valence-corrected chi connectivity index (χ1v) is 10.3. The number of aryl methyl sites for hydroxylation is 1. The molecule has 10 nitrogen and oxygen atoms in total. The average molecular weight is 427 g/mol. The van der Waals surface area contributed by atoms with Gasteiger partial charge in [0.05, 0.1) is 17.1 Å². The molecule has 3 heterocycles. The number of carbonyl (C=O) groups is 4. The van der Waals surface area contributed by atoms with Crippen molar-refractivity contribution >= 4 is 40.4 Å². The maximum Gasteiger partial charge on any atom is 0.407 e. The summed E-state index contributed by atoms with van der Waals surface area (Å²) in [5.41, 5.74) is 2.11. The van der Waals surface area contributed by atoms with Gasteiger partial charge in [0.25, 0.3) is 0 Å². The minimum atomic E-state index is -1.05. The van der Waals surface area contributed by atoms with Gasteiger partial charge in [0, 0.05) is 50.1 Å². The molecule has 4 rings (SSSR count). The minimum Gasteiger partial charge on any atom is -0.465 e. The van der Waals surface area contributed by atoms with Crippen molar-refractivity contribution in [3.63, 3.8) is 0 Å².